The average Bonchev–Trinajstić information content (AvgIpc) is 2.20. The van der Waals surface area contributed by atoms with E-state index in [1.807, 2.05) is 0 Å². The zero-order valence-electron chi connectivity index (χ0n) is 9.90. The summed E-state index contributed by atoms with van der Waals surface area (Å²) in [5, 5.41) is 0. The maximum atomic E-state index is 11.6. The van der Waals surface area contributed by atoms with Crippen molar-refractivity contribution in [2.24, 2.45) is 5.73 Å². The van der Waals surface area contributed by atoms with Gasteiger partial charge in [0.1, 0.15) is 6.10 Å². The molecule has 0 aliphatic heterocycles. The van der Waals surface area contributed by atoms with E-state index in [1.165, 1.54) is 6.42 Å². The van der Waals surface area contributed by atoms with Gasteiger partial charge in [-0.1, -0.05) is 12.8 Å². The Morgan fingerprint density at radius 1 is 1.40 bits per heavy atom. The molecule has 0 spiro atoms. The van der Waals surface area contributed by atoms with Crippen molar-refractivity contribution in [3.63, 3.8) is 0 Å². The molecule has 0 aromatic heterocycles. The van der Waals surface area contributed by atoms with Crippen molar-refractivity contribution in [1.29, 1.82) is 0 Å². The van der Waals surface area contributed by atoms with Crippen LogP contribution in [0.3, 0.4) is 0 Å². The zero-order valence-corrected chi connectivity index (χ0v) is 9.90. The Hall–Kier alpha value is -0.610. The number of amides is 1. The maximum absolute atomic E-state index is 11.6. The lowest BCUT2D eigenvalue weighted by molar-refractivity contribution is -0.145. The summed E-state index contributed by atoms with van der Waals surface area (Å²) in [6.07, 6.45) is 3.99. The summed E-state index contributed by atoms with van der Waals surface area (Å²) in [6.45, 7) is 1.80. The Morgan fingerprint density at radius 2 is 2.00 bits per heavy atom. The number of carbonyl (C=O) groups excluding carboxylic acids is 1. The Balaban J connectivity index is 2.42. The second-order valence-electron chi connectivity index (χ2n) is 4.50. The summed E-state index contributed by atoms with van der Waals surface area (Å²) < 4.78 is 5.71. The quantitative estimate of drug-likeness (QED) is 0.754. The van der Waals surface area contributed by atoms with E-state index < -0.39 is 0 Å². The highest BCUT2D eigenvalue weighted by Gasteiger charge is 2.27. The van der Waals surface area contributed by atoms with Crippen molar-refractivity contribution in [1.82, 2.24) is 4.90 Å². The van der Waals surface area contributed by atoms with Crippen molar-refractivity contribution >= 4 is 5.91 Å². The van der Waals surface area contributed by atoms with E-state index in [0.29, 0.717) is 0 Å². The molecule has 1 fully saturated rings. The minimum Gasteiger partial charge on any atom is -0.364 e. The van der Waals surface area contributed by atoms with Gasteiger partial charge in [-0.25, -0.2) is 0 Å². The van der Waals surface area contributed by atoms with Crippen LogP contribution in [0.1, 0.15) is 32.6 Å². The smallest absolute Gasteiger partial charge is 0.250 e. The molecule has 1 saturated carbocycles. The molecule has 3 unspecified atom stereocenters. The third-order valence-electron chi connectivity index (χ3n) is 2.92. The van der Waals surface area contributed by atoms with Gasteiger partial charge >= 0.3 is 0 Å². The second-order valence-corrected chi connectivity index (χ2v) is 4.50. The van der Waals surface area contributed by atoms with Gasteiger partial charge in [0, 0.05) is 20.1 Å². The largest absolute Gasteiger partial charge is 0.364 e. The number of nitrogens with zero attached hydrogens (tertiary/aromatic N) is 1. The zero-order chi connectivity index (χ0) is 11.4. The maximum Gasteiger partial charge on any atom is 0.250 e. The highest BCUT2D eigenvalue weighted by atomic mass is 16.5. The number of nitrogens with two attached hydrogens (primary N) is 1. The number of carbonyl (C=O) groups is 1. The van der Waals surface area contributed by atoms with Crippen LogP contribution in [0.15, 0.2) is 0 Å². The minimum absolute atomic E-state index is 0.00720. The molecule has 0 bridgehead atoms. The molecular formula is C11H22N2O2. The first-order chi connectivity index (χ1) is 7.02. The summed E-state index contributed by atoms with van der Waals surface area (Å²) in [5.41, 5.74) is 5.95. The standard InChI is InChI=1S/C11H22N2O2/c1-8(11(14)13(2)3)15-10-7-5-4-6-9(10)12/h8-10H,4-7,12H2,1-3H3. The molecule has 1 rings (SSSR count). The molecule has 1 amide bonds. The van der Waals surface area contributed by atoms with E-state index >= 15 is 0 Å². The summed E-state index contributed by atoms with van der Waals surface area (Å²) in [4.78, 5) is 13.1. The molecule has 15 heavy (non-hydrogen) atoms. The highest BCUT2D eigenvalue weighted by molar-refractivity contribution is 5.79. The normalized spacial score (nSPS) is 28.5. The molecule has 1 aliphatic carbocycles. The summed E-state index contributed by atoms with van der Waals surface area (Å²) >= 11 is 0. The van der Waals surface area contributed by atoms with E-state index in [2.05, 4.69) is 0 Å². The van der Waals surface area contributed by atoms with Gasteiger partial charge in [-0.2, -0.15) is 0 Å². The molecule has 4 nitrogen and oxygen atoms in total. The van der Waals surface area contributed by atoms with Crippen LogP contribution in [0, 0.1) is 0 Å². The number of rotatable bonds is 3. The summed E-state index contributed by atoms with van der Waals surface area (Å²) in [6, 6.07) is 0.0937. The first-order valence-corrected chi connectivity index (χ1v) is 5.64. The third kappa shape index (κ3) is 3.47. The Bertz CT molecular complexity index is 219. The number of likely N-dealkylation sites (N-methyl/N-ethyl adjacent to an activating group) is 1. The van der Waals surface area contributed by atoms with Crippen LogP contribution < -0.4 is 5.73 Å². The van der Waals surface area contributed by atoms with Crippen LogP contribution in [0.4, 0.5) is 0 Å². The van der Waals surface area contributed by atoms with Crippen LogP contribution in [0.25, 0.3) is 0 Å². The molecular weight excluding hydrogens is 192 g/mol. The van der Waals surface area contributed by atoms with E-state index in [1.54, 1.807) is 25.9 Å². The molecule has 0 aromatic carbocycles. The van der Waals surface area contributed by atoms with Crippen molar-refractivity contribution in [3.8, 4) is 0 Å². The fourth-order valence-corrected chi connectivity index (χ4v) is 1.98. The topological polar surface area (TPSA) is 55.6 Å². The fourth-order valence-electron chi connectivity index (χ4n) is 1.98. The SMILES string of the molecule is CC(OC1CCCCC1N)C(=O)N(C)C. The van der Waals surface area contributed by atoms with Crippen molar-refractivity contribution < 1.29 is 9.53 Å². The first-order valence-electron chi connectivity index (χ1n) is 5.64. The van der Waals surface area contributed by atoms with Gasteiger partial charge in [0.2, 0.25) is 0 Å². The number of ether oxygens (including phenoxy) is 1. The van der Waals surface area contributed by atoms with E-state index in [-0.39, 0.29) is 24.2 Å². The van der Waals surface area contributed by atoms with Gasteiger partial charge < -0.3 is 15.4 Å². The van der Waals surface area contributed by atoms with Crippen molar-refractivity contribution in [2.75, 3.05) is 14.1 Å². The van der Waals surface area contributed by atoms with Gasteiger partial charge in [0.15, 0.2) is 0 Å². The molecule has 0 radical (unpaired) electrons. The van der Waals surface area contributed by atoms with Crippen molar-refractivity contribution in [2.45, 2.75) is 50.9 Å². The summed E-state index contributed by atoms with van der Waals surface area (Å²) in [7, 11) is 3.48. The van der Waals surface area contributed by atoms with E-state index in [4.69, 9.17) is 10.5 Å². The fraction of sp³-hybridized carbons (Fsp3) is 0.909. The third-order valence-corrected chi connectivity index (χ3v) is 2.92. The molecule has 1 aliphatic rings. The van der Waals surface area contributed by atoms with Gasteiger partial charge in [-0.3, -0.25) is 4.79 Å². The lowest BCUT2D eigenvalue weighted by atomic mass is 9.93. The predicted octanol–water partition coefficient (Wildman–Crippen LogP) is 0.750. The minimum atomic E-state index is -0.380. The van der Waals surface area contributed by atoms with Crippen LogP contribution in [0.5, 0.6) is 0 Å². The molecule has 0 aromatic rings. The number of hydrogen-bond donors (Lipinski definition) is 1. The Morgan fingerprint density at radius 3 is 2.53 bits per heavy atom. The number of hydrogen-bond acceptors (Lipinski definition) is 3. The Kier molecular flexibility index (Phi) is 4.54. The summed E-state index contributed by atoms with van der Waals surface area (Å²) in [5.74, 6) is 0.00720. The van der Waals surface area contributed by atoms with E-state index in [9.17, 15) is 4.79 Å². The molecule has 4 heteroatoms. The molecule has 2 N–H and O–H groups in total. The highest BCUT2D eigenvalue weighted by Crippen LogP contribution is 2.21. The molecule has 3 atom stereocenters. The molecule has 0 saturated heterocycles. The van der Waals surface area contributed by atoms with Crippen LogP contribution in [-0.4, -0.2) is 43.2 Å². The van der Waals surface area contributed by atoms with Gasteiger partial charge in [0.05, 0.1) is 6.10 Å². The lowest BCUT2D eigenvalue weighted by Gasteiger charge is -2.31. The monoisotopic (exact) mass is 214 g/mol. The average molecular weight is 214 g/mol. The van der Waals surface area contributed by atoms with Crippen molar-refractivity contribution in [3.05, 3.63) is 0 Å². The second kappa shape index (κ2) is 5.47. The van der Waals surface area contributed by atoms with E-state index in [0.717, 1.165) is 19.3 Å². The van der Waals surface area contributed by atoms with Gasteiger partial charge in [0.25, 0.3) is 5.91 Å². The molecule has 88 valence electrons. The van der Waals surface area contributed by atoms with Gasteiger partial charge in [-0.05, 0) is 19.8 Å². The van der Waals surface area contributed by atoms with Crippen LogP contribution >= 0.6 is 0 Å². The van der Waals surface area contributed by atoms with Crippen LogP contribution in [0.2, 0.25) is 0 Å². The van der Waals surface area contributed by atoms with Crippen LogP contribution in [-0.2, 0) is 9.53 Å². The first kappa shape index (κ1) is 12.5. The Labute approximate surface area is 91.8 Å². The predicted molar refractivity (Wildman–Crippen MR) is 59.5 cm³/mol. The lowest BCUT2D eigenvalue weighted by Crippen LogP contribution is -2.44. The van der Waals surface area contributed by atoms with Gasteiger partial charge in [-0.15, -0.1) is 0 Å². The molecule has 0 heterocycles.